The van der Waals surface area contributed by atoms with Gasteiger partial charge in [-0.05, 0) is 65.0 Å². The van der Waals surface area contributed by atoms with E-state index in [1.165, 1.54) is 4.90 Å². The second-order valence-corrected chi connectivity index (χ2v) is 12.1. The third-order valence-electron chi connectivity index (χ3n) is 7.17. The molecule has 0 saturated heterocycles. The highest BCUT2D eigenvalue weighted by Gasteiger charge is 2.39. The first-order chi connectivity index (χ1) is 18.1. The summed E-state index contributed by atoms with van der Waals surface area (Å²) in [6.07, 6.45) is 0.144. The number of likely N-dealkylation sites (N-methyl/N-ethyl adjacent to an activating group) is 2. The Labute approximate surface area is 235 Å². The predicted octanol–water partition coefficient (Wildman–Crippen LogP) is 4.21. The molecule has 0 aliphatic rings. The lowest BCUT2D eigenvalue weighted by molar-refractivity contribution is -0.166. The summed E-state index contributed by atoms with van der Waals surface area (Å²) in [4.78, 5) is 43.6. The zero-order valence-corrected chi connectivity index (χ0v) is 25.5. The van der Waals surface area contributed by atoms with Crippen molar-refractivity contribution < 1.29 is 29.3 Å². The first-order valence-corrected chi connectivity index (χ1v) is 14.2. The average molecular weight is 549 g/mol. The van der Waals surface area contributed by atoms with Gasteiger partial charge in [-0.3, -0.25) is 14.5 Å². The molecular formula is C31H52N2O6. The number of Topliss-reactive ketones (excluding diaryl/α,β-unsaturated/α-hetero) is 1. The largest absolute Gasteiger partial charge is 0.458 e. The molecular weight excluding hydrogens is 496 g/mol. The van der Waals surface area contributed by atoms with Crippen LogP contribution in [0.25, 0.3) is 0 Å². The fourth-order valence-electron chi connectivity index (χ4n) is 4.98. The van der Waals surface area contributed by atoms with Crippen molar-refractivity contribution in [3.05, 3.63) is 35.9 Å². The summed E-state index contributed by atoms with van der Waals surface area (Å²) in [5.41, 5.74) is 0.289. The van der Waals surface area contributed by atoms with Gasteiger partial charge in [0.25, 0.3) is 0 Å². The number of aliphatic hydroxyl groups is 2. The maximum atomic E-state index is 14.1. The molecule has 222 valence electrons. The normalized spacial score (nSPS) is 16.6. The van der Waals surface area contributed by atoms with E-state index < -0.39 is 42.3 Å². The third kappa shape index (κ3) is 11.8. The van der Waals surface area contributed by atoms with E-state index in [1.54, 1.807) is 34.7 Å². The Morgan fingerprint density at radius 1 is 0.923 bits per heavy atom. The minimum absolute atomic E-state index is 0.0299. The summed E-state index contributed by atoms with van der Waals surface area (Å²) in [6, 6.07) is 8.63. The van der Waals surface area contributed by atoms with Crippen LogP contribution in [-0.4, -0.2) is 81.7 Å². The standard InChI is InChI=1S/C31H52N2O6/c1-10-21(2)28(32(8)20-24-17-12-11-13-18-24)29(37)33(9)27(22(3)15-14-16-23(4)34)25(35)19-26(36)30(38)39-31(5,6)7/h11-13,17-18,21-23,26-28,34,36H,10,14-16,19-20H2,1-9H3/t21-,22-,23?,26?,27-,28-/m0/s1. The number of benzene rings is 1. The van der Waals surface area contributed by atoms with Gasteiger partial charge in [-0.1, -0.05) is 63.9 Å². The zero-order valence-electron chi connectivity index (χ0n) is 25.5. The summed E-state index contributed by atoms with van der Waals surface area (Å²) in [5.74, 6) is -1.63. The molecule has 0 fully saturated rings. The number of esters is 1. The Balaban J connectivity index is 3.24. The van der Waals surface area contributed by atoms with Crippen LogP contribution in [0.2, 0.25) is 0 Å². The van der Waals surface area contributed by atoms with Crippen LogP contribution in [0.4, 0.5) is 0 Å². The zero-order chi connectivity index (χ0) is 29.9. The fraction of sp³-hybridized carbons (Fsp3) is 0.710. The van der Waals surface area contributed by atoms with E-state index in [0.29, 0.717) is 25.8 Å². The number of ether oxygens (including phenoxy) is 1. The van der Waals surface area contributed by atoms with Crippen LogP contribution >= 0.6 is 0 Å². The predicted molar refractivity (Wildman–Crippen MR) is 154 cm³/mol. The molecule has 6 atom stereocenters. The minimum Gasteiger partial charge on any atom is -0.458 e. The number of rotatable bonds is 16. The van der Waals surface area contributed by atoms with Crippen molar-refractivity contribution in [2.75, 3.05) is 14.1 Å². The highest BCUT2D eigenvalue weighted by molar-refractivity contribution is 5.93. The molecule has 2 unspecified atom stereocenters. The molecule has 0 aromatic heterocycles. The van der Waals surface area contributed by atoms with Crippen LogP contribution < -0.4 is 0 Å². The van der Waals surface area contributed by atoms with Gasteiger partial charge < -0.3 is 19.8 Å². The maximum absolute atomic E-state index is 14.1. The Hall–Kier alpha value is -2.29. The molecule has 2 N–H and O–H groups in total. The van der Waals surface area contributed by atoms with Crippen molar-refractivity contribution >= 4 is 17.7 Å². The molecule has 0 aliphatic carbocycles. The fourth-order valence-corrected chi connectivity index (χ4v) is 4.98. The third-order valence-corrected chi connectivity index (χ3v) is 7.17. The van der Waals surface area contributed by atoms with Gasteiger partial charge in [0.15, 0.2) is 11.9 Å². The highest BCUT2D eigenvalue weighted by Crippen LogP contribution is 2.25. The first kappa shape index (κ1) is 34.7. The number of nitrogens with zero attached hydrogens (tertiary/aromatic N) is 2. The number of amides is 1. The van der Waals surface area contributed by atoms with Crippen LogP contribution in [0.1, 0.15) is 86.1 Å². The molecule has 0 heterocycles. The van der Waals surface area contributed by atoms with Gasteiger partial charge in [0, 0.05) is 20.0 Å². The number of carbonyl (C=O) groups excluding carboxylic acids is 3. The lowest BCUT2D eigenvalue weighted by Gasteiger charge is -2.39. The number of aliphatic hydroxyl groups excluding tert-OH is 2. The molecule has 0 saturated carbocycles. The number of carbonyl (C=O) groups is 3. The van der Waals surface area contributed by atoms with Gasteiger partial charge in [-0.2, -0.15) is 0 Å². The second-order valence-electron chi connectivity index (χ2n) is 12.1. The minimum atomic E-state index is -1.61. The van der Waals surface area contributed by atoms with Crippen LogP contribution in [0.15, 0.2) is 30.3 Å². The molecule has 8 heteroatoms. The monoisotopic (exact) mass is 548 g/mol. The van der Waals surface area contributed by atoms with Gasteiger partial charge in [0.1, 0.15) is 5.60 Å². The summed E-state index contributed by atoms with van der Waals surface area (Å²) < 4.78 is 5.26. The van der Waals surface area contributed by atoms with Crippen LogP contribution in [0.3, 0.4) is 0 Å². The van der Waals surface area contributed by atoms with Crippen molar-refractivity contribution in [2.45, 2.75) is 117 Å². The lowest BCUT2D eigenvalue weighted by atomic mass is 9.87. The number of hydrogen-bond donors (Lipinski definition) is 2. The number of hydrogen-bond acceptors (Lipinski definition) is 7. The highest BCUT2D eigenvalue weighted by atomic mass is 16.6. The Morgan fingerprint density at radius 3 is 2.03 bits per heavy atom. The molecule has 1 rings (SSSR count). The van der Waals surface area contributed by atoms with Gasteiger partial charge in [0.05, 0.1) is 18.2 Å². The van der Waals surface area contributed by atoms with E-state index in [2.05, 4.69) is 0 Å². The Morgan fingerprint density at radius 2 is 1.51 bits per heavy atom. The number of ketones is 1. The van der Waals surface area contributed by atoms with Crippen molar-refractivity contribution in [3.8, 4) is 0 Å². The van der Waals surface area contributed by atoms with E-state index in [4.69, 9.17) is 4.74 Å². The Bertz CT molecular complexity index is 898. The van der Waals surface area contributed by atoms with Crippen molar-refractivity contribution in [3.63, 3.8) is 0 Å². The summed E-state index contributed by atoms with van der Waals surface area (Å²) in [6.45, 7) is 13.4. The lowest BCUT2D eigenvalue weighted by Crippen LogP contribution is -2.55. The quantitative estimate of drug-likeness (QED) is 0.298. The van der Waals surface area contributed by atoms with E-state index in [0.717, 1.165) is 12.0 Å². The molecule has 1 amide bonds. The molecule has 8 nitrogen and oxygen atoms in total. The molecule has 0 spiro atoms. The smallest absolute Gasteiger partial charge is 0.335 e. The Kier molecular flexibility index (Phi) is 14.3. The molecule has 39 heavy (non-hydrogen) atoms. The molecule has 1 aromatic rings. The first-order valence-electron chi connectivity index (χ1n) is 14.2. The van der Waals surface area contributed by atoms with E-state index in [1.807, 2.05) is 63.1 Å². The average Bonchev–Trinajstić information content (AvgIpc) is 2.83. The van der Waals surface area contributed by atoms with E-state index in [-0.39, 0.29) is 23.5 Å². The van der Waals surface area contributed by atoms with Crippen molar-refractivity contribution in [2.24, 2.45) is 11.8 Å². The van der Waals surface area contributed by atoms with Gasteiger partial charge in [0.2, 0.25) is 5.91 Å². The van der Waals surface area contributed by atoms with Gasteiger partial charge in [-0.15, -0.1) is 0 Å². The topological polar surface area (TPSA) is 107 Å². The van der Waals surface area contributed by atoms with E-state index >= 15 is 0 Å². The van der Waals surface area contributed by atoms with Crippen molar-refractivity contribution in [1.29, 1.82) is 0 Å². The van der Waals surface area contributed by atoms with Crippen molar-refractivity contribution in [1.82, 2.24) is 9.80 Å². The van der Waals surface area contributed by atoms with Gasteiger partial charge >= 0.3 is 5.97 Å². The van der Waals surface area contributed by atoms with Crippen LogP contribution in [0, 0.1) is 11.8 Å². The maximum Gasteiger partial charge on any atom is 0.335 e. The molecule has 0 aliphatic heterocycles. The molecule has 0 bridgehead atoms. The summed E-state index contributed by atoms with van der Waals surface area (Å²) >= 11 is 0. The molecule has 0 radical (unpaired) electrons. The SMILES string of the molecule is CC[C@H](C)[C@@H](C(=O)N(C)[C@H](C(=O)CC(O)C(=O)OC(C)(C)C)[C@@H](C)CCCC(C)O)N(C)Cc1ccccc1. The molecule has 1 aromatic carbocycles. The van der Waals surface area contributed by atoms with Crippen LogP contribution in [-0.2, 0) is 25.7 Å². The van der Waals surface area contributed by atoms with E-state index in [9.17, 15) is 24.6 Å². The summed E-state index contributed by atoms with van der Waals surface area (Å²) in [5, 5.41) is 20.2. The van der Waals surface area contributed by atoms with Crippen LogP contribution in [0.5, 0.6) is 0 Å². The second kappa shape index (κ2) is 16.1. The van der Waals surface area contributed by atoms with Gasteiger partial charge in [-0.25, -0.2) is 4.79 Å². The summed E-state index contributed by atoms with van der Waals surface area (Å²) in [7, 11) is 3.56.